The second kappa shape index (κ2) is 9.20. The van der Waals surface area contributed by atoms with Crippen molar-refractivity contribution in [3.05, 3.63) is 51.2 Å². The maximum Gasteiger partial charge on any atom is 0.339 e. The number of morpholine rings is 1. The van der Waals surface area contributed by atoms with E-state index in [1.807, 2.05) is 5.38 Å². The van der Waals surface area contributed by atoms with Gasteiger partial charge in [-0.2, -0.15) is 4.31 Å². The number of rotatable bonds is 6. The quantitative estimate of drug-likeness (QED) is 0.483. The number of hydrogen-bond acceptors (Lipinski definition) is 7. The SMILES string of the molecule is CC1CCc2c(C(=O)OCC(=O)c3ccc(S(=O)(=O)N4CCOCC4)cc3)csc2C1. The topological polar surface area (TPSA) is 90.0 Å². The van der Waals surface area contributed by atoms with Crippen molar-refractivity contribution < 1.29 is 27.5 Å². The van der Waals surface area contributed by atoms with Crippen LogP contribution in [0.1, 0.15) is 44.5 Å². The largest absolute Gasteiger partial charge is 0.454 e. The minimum absolute atomic E-state index is 0.127. The summed E-state index contributed by atoms with van der Waals surface area (Å²) in [6.45, 7) is 3.18. The van der Waals surface area contributed by atoms with Gasteiger partial charge in [0.15, 0.2) is 12.4 Å². The third-order valence-corrected chi connectivity index (χ3v) is 8.70. The van der Waals surface area contributed by atoms with Gasteiger partial charge in [0.05, 0.1) is 23.7 Å². The number of ether oxygens (including phenoxy) is 2. The maximum absolute atomic E-state index is 12.7. The molecule has 4 rings (SSSR count). The van der Waals surface area contributed by atoms with Crippen molar-refractivity contribution >= 4 is 33.1 Å². The molecule has 2 heterocycles. The summed E-state index contributed by atoms with van der Waals surface area (Å²) in [5, 5.41) is 1.82. The standard InChI is InChI=1S/C22H25NO6S2/c1-15-2-7-18-19(14-30-21(18)12-15)22(25)29-13-20(24)16-3-5-17(6-4-16)31(26,27)23-8-10-28-11-9-23/h3-6,14-15H,2,7-13H2,1H3. The van der Waals surface area contributed by atoms with Gasteiger partial charge in [-0.15, -0.1) is 11.3 Å². The summed E-state index contributed by atoms with van der Waals surface area (Å²) < 4.78 is 37.2. The van der Waals surface area contributed by atoms with E-state index < -0.39 is 16.0 Å². The van der Waals surface area contributed by atoms with E-state index in [2.05, 4.69) is 6.92 Å². The number of esters is 1. The summed E-state index contributed by atoms with van der Waals surface area (Å²) in [6, 6.07) is 5.74. The Hall–Kier alpha value is -2.07. The van der Waals surface area contributed by atoms with Crippen LogP contribution in [0, 0.1) is 5.92 Å². The zero-order chi connectivity index (χ0) is 22.0. The molecular formula is C22H25NO6S2. The molecule has 0 spiro atoms. The summed E-state index contributed by atoms with van der Waals surface area (Å²) >= 11 is 1.58. The first-order valence-corrected chi connectivity index (χ1v) is 12.7. The molecule has 31 heavy (non-hydrogen) atoms. The highest BCUT2D eigenvalue weighted by molar-refractivity contribution is 7.89. The Labute approximate surface area is 186 Å². The molecule has 0 amide bonds. The normalized spacial score (nSPS) is 19.6. The van der Waals surface area contributed by atoms with E-state index >= 15 is 0 Å². The minimum Gasteiger partial charge on any atom is -0.454 e. The highest BCUT2D eigenvalue weighted by Gasteiger charge is 2.27. The average molecular weight is 464 g/mol. The molecule has 1 saturated heterocycles. The fourth-order valence-electron chi connectivity index (χ4n) is 3.89. The Morgan fingerprint density at radius 1 is 1.19 bits per heavy atom. The lowest BCUT2D eigenvalue weighted by atomic mass is 9.88. The Kier molecular flexibility index (Phi) is 6.57. The predicted octanol–water partition coefficient (Wildman–Crippen LogP) is 2.93. The number of Topliss-reactive ketones (excluding diaryl/α,β-unsaturated/α-hetero) is 1. The average Bonchev–Trinajstić information content (AvgIpc) is 3.21. The Morgan fingerprint density at radius 3 is 2.61 bits per heavy atom. The van der Waals surface area contributed by atoms with Crippen molar-refractivity contribution in [2.75, 3.05) is 32.9 Å². The van der Waals surface area contributed by atoms with Gasteiger partial charge in [-0.25, -0.2) is 13.2 Å². The van der Waals surface area contributed by atoms with Gasteiger partial charge in [-0.1, -0.05) is 6.92 Å². The number of ketones is 1. The van der Waals surface area contributed by atoms with E-state index in [9.17, 15) is 18.0 Å². The summed E-state index contributed by atoms with van der Waals surface area (Å²) in [5.41, 5.74) is 1.92. The lowest BCUT2D eigenvalue weighted by molar-refractivity contribution is 0.0474. The molecule has 1 fully saturated rings. The van der Waals surface area contributed by atoms with Crippen LogP contribution < -0.4 is 0 Å². The van der Waals surface area contributed by atoms with Crippen LogP contribution in [0.5, 0.6) is 0 Å². The predicted molar refractivity (Wildman–Crippen MR) is 116 cm³/mol. The minimum atomic E-state index is -3.61. The third-order valence-electron chi connectivity index (χ3n) is 5.74. The molecule has 7 nitrogen and oxygen atoms in total. The molecule has 1 aliphatic heterocycles. The number of carbonyl (C=O) groups excluding carboxylic acids is 2. The first-order chi connectivity index (χ1) is 14.9. The zero-order valence-electron chi connectivity index (χ0n) is 17.3. The van der Waals surface area contributed by atoms with Crippen LogP contribution in [-0.4, -0.2) is 57.4 Å². The monoisotopic (exact) mass is 463 g/mol. The first kappa shape index (κ1) is 22.1. The van der Waals surface area contributed by atoms with Gasteiger partial charge in [0, 0.05) is 28.9 Å². The van der Waals surface area contributed by atoms with Gasteiger partial charge < -0.3 is 9.47 Å². The van der Waals surface area contributed by atoms with E-state index in [1.54, 1.807) is 11.3 Å². The molecule has 2 aliphatic rings. The van der Waals surface area contributed by atoms with E-state index in [1.165, 1.54) is 33.4 Å². The lowest BCUT2D eigenvalue weighted by Gasteiger charge is -2.26. The Bertz CT molecular complexity index is 1070. The van der Waals surface area contributed by atoms with Crippen molar-refractivity contribution in [3.8, 4) is 0 Å². The van der Waals surface area contributed by atoms with Crippen molar-refractivity contribution in [1.82, 2.24) is 4.31 Å². The van der Waals surface area contributed by atoms with Gasteiger partial charge >= 0.3 is 5.97 Å². The van der Waals surface area contributed by atoms with E-state index in [-0.39, 0.29) is 17.3 Å². The fourth-order valence-corrected chi connectivity index (χ4v) is 6.53. The third kappa shape index (κ3) is 4.74. The fraction of sp³-hybridized carbons (Fsp3) is 0.455. The molecular weight excluding hydrogens is 438 g/mol. The van der Waals surface area contributed by atoms with Crippen LogP contribution in [0.2, 0.25) is 0 Å². The second-order valence-corrected chi connectivity index (χ2v) is 10.8. The van der Waals surface area contributed by atoms with Gasteiger partial charge in [0.25, 0.3) is 0 Å². The number of hydrogen-bond donors (Lipinski definition) is 0. The van der Waals surface area contributed by atoms with Crippen molar-refractivity contribution in [2.24, 2.45) is 5.92 Å². The number of carbonyl (C=O) groups is 2. The van der Waals surface area contributed by atoms with Gasteiger partial charge in [-0.05, 0) is 55.0 Å². The molecule has 9 heteroatoms. The highest BCUT2D eigenvalue weighted by Crippen LogP contribution is 2.33. The number of thiophene rings is 1. The molecule has 1 aromatic heterocycles. The molecule has 1 aliphatic carbocycles. The molecule has 0 N–H and O–H groups in total. The van der Waals surface area contributed by atoms with Crippen LogP contribution in [0.15, 0.2) is 34.5 Å². The van der Waals surface area contributed by atoms with Gasteiger partial charge in [-0.3, -0.25) is 4.79 Å². The molecule has 1 aromatic carbocycles. The smallest absolute Gasteiger partial charge is 0.339 e. The zero-order valence-corrected chi connectivity index (χ0v) is 19.0. The number of benzene rings is 1. The van der Waals surface area contributed by atoms with Crippen molar-refractivity contribution in [2.45, 2.75) is 31.1 Å². The highest BCUT2D eigenvalue weighted by atomic mass is 32.2. The Balaban J connectivity index is 1.37. The summed E-state index contributed by atoms with van der Waals surface area (Å²) in [6.07, 6.45) is 2.88. The Morgan fingerprint density at radius 2 is 1.90 bits per heavy atom. The molecule has 1 atom stereocenters. The van der Waals surface area contributed by atoms with Gasteiger partial charge in [0.1, 0.15) is 0 Å². The lowest BCUT2D eigenvalue weighted by Crippen LogP contribution is -2.40. The summed E-state index contributed by atoms with van der Waals surface area (Å²) in [7, 11) is -3.61. The van der Waals surface area contributed by atoms with Gasteiger partial charge in [0.2, 0.25) is 10.0 Å². The van der Waals surface area contributed by atoms with Crippen LogP contribution >= 0.6 is 11.3 Å². The first-order valence-electron chi connectivity index (χ1n) is 10.3. The van der Waals surface area contributed by atoms with Crippen LogP contribution in [0.25, 0.3) is 0 Å². The van der Waals surface area contributed by atoms with Crippen LogP contribution in [0.3, 0.4) is 0 Å². The molecule has 0 saturated carbocycles. The van der Waals surface area contributed by atoms with E-state index in [0.717, 1.165) is 24.8 Å². The second-order valence-electron chi connectivity index (χ2n) is 7.94. The summed E-state index contributed by atoms with van der Waals surface area (Å²) in [4.78, 5) is 26.3. The maximum atomic E-state index is 12.7. The van der Waals surface area contributed by atoms with Crippen LogP contribution in [-0.2, 0) is 32.3 Å². The van der Waals surface area contributed by atoms with E-state index in [4.69, 9.17) is 9.47 Å². The number of sulfonamides is 1. The number of fused-ring (bicyclic) bond motifs is 1. The van der Waals surface area contributed by atoms with Crippen molar-refractivity contribution in [1.29, 1.82) is 0 Å². The summed E-state index contributed by atoms with van der Waals surface area (Å²) in [5.74, 6) is -0.236. The number of nitrogens with zero attached hydrogens (tertiary/aromatic N) is 1. The van der Waals surface area contributed by atoms with E-state index in [0.29, 0.717) is 43.3 Å². The van der Waals surface area contributed by atoms with Crippen molar-refractivity contribution in [3.63, 3.8) is 0 Å². The van der Waals surface area contributed by atoms with Crippen LogP contribution in [0.4, 0.5) is 0 Å². The molecule has 2 aromatic rings. The molecule has 166 valence electrons. The molecule has 0 bridgehead atoms. The molecule has 1 unspecified atom stereocenters. The molecule has 0 radical (unpaired) electrons.